The molecule has 0 bridgehead atoms. The van der Waals surface area contributed by atoms with E-state index in [1.807, 2.05) is 13.8 Å². The average molecular weight is 363 g/mol. The second kappa shape index (κ2) is 6.95. The van der Waals surface area contributed by atoms with Crippen LogP contribution in [0.3, 0.4) is 0 Å². The number of amides is 1. The Morgan fingerprint density at radius 2 is 2.10 bits per heavy atom. The second-order valence-corrected chi connectivity index (χ2v) is 5.68. The van der Waals surface area contributed by atoms with Crippen LogP contribution in [0.5, 0.6) is 0 Å². The van der Waals surface area contributed by atoms with E-state index in [1.165, 1.54) is 0 Å². The molecule has 0 saturated carbocycles. The summed E-state index contributed by atoms with van der Waals surface area (Å²) in [6.07, 6.45) is 0.827. The smallest absolute Gasteiger partial charge is 0.238 e. The maximum absolute atomic E-state index is 12.5. The summed E-state index contributed by atoms with van der Waals surface area (Å²) in [5.41, 5.74) is 5.11. The molecular weight excluding hydrogens is 346 g/mol. The number of amidine groups is 1. The van der Waals surface area contributed by atoms with E-state index in [1.54, 1.807) is 18.2 Å². The van der Waals surface area contributed by atoms with Crippen LogP contribution in [0.15, 0.2) is 27.8 Å². The first-order valence-corrected chi connectivity index (χ1v) is 7.32. The van der Waals surface area contributed by atoms with E-state index < -0.39 is 5.41 Å². The lowest BCUT2D eigenvalue weighted by molar-refractivity contribution is -0.122. The van der Waals surface area contributed by atoms with Gasteiger partial charge in [-0.1, -0.05) is 46.5 Å². The molecule has 1 amide bonds. The number of oxime groups is 1. The first kappa shape index (κ1) is 16.8. The number of carbonyl (C=O) groups excluding carboxylic acids is 1. The van der Waals surface area contributed by atoms with Crippen molar-refractivity contribution >= 4 is 45.0 Å². The molecule has 1 rings (SSSR count). The molecule has 5 nitrogen and oxygen atoms in total. The van der Waals surface area contributed by atoms with Crippen molar-refractivity contribution in [2.24, 2.45) is 16.3 Å². The lowest BCUT2D eigenvalue weighted by atomic mass is 9.80. The summed E-state index contributed by atoms with van der Waals surface area (Å²) >= 11 is 9.36. The van der Waals surface area contributed by atoms with Gasteiger partial charge in [-0.2, -0.15) is 0 Å². The monoisotopic (exact) mass is 361 g/mol. The van der Waals surface area contributed by atoms with Crippen LogP contribution in [-0.4, -0.2) is 17.0 Å². The minimum Gasteiger partial charge on any atom is -0.409 e. The van der Waals surface area contributed by atoms with Crippen LogP contribution in [0.1, 0.15) is 26.7 Å². The Kier molecular flexibility index (Phi) is 5.83. The predicted molar refractivity (Wildman–Crippen MR) is 84.2 cm³/mol. The highest BCUT2D eigenvalue weighted by molar-refractivity contribution is 9.10. The summed E-state index contributed by atoms with van der Waals surface area (Å²) in [5.74, 6) is -0.455. The van der Waals surface area contributed by atoms with Crippen molar-refractivity contribution in [3.8, 4) is 0 Å². The Balaban J connectivity index is 3.12. The topological polar surface area (TPSA) is 87.7 Å². The van der Waals surface area contributed by atoms with E-state index in [0.29, 0.717) is 23.6 Å². The van der Waals surface area contributed by atoms with Crippen LogP contribution in [0.4, 0.5) is 5.69 Å². The molecule has 4 N–H and O–H groups in total. The molecule has 0 spiro atoms. The highest BCUT2D eigenvalue weighted by Gasteiger charge is 2.40. The van der Waals surface area contributed by atoms with Crippen LogP contribution >= 0.6 is 27.5 Å². The van der Waals surface area contributed by atoms with E-state index in [9.17, 15) is 4.79 Å². The lowest BCUT2D eigenvalue weighted by Gasteiger charge is -2.28. The van der Waals surface area contributed by atoms with Gasteiger partial charge in [-0.05, 0) is 31.0 Å². The van der Waals surface area contributed by atoms with E-state index in [-0.39, 0.29) is 11.7 Å². The third-order valence-electron chi connectivity index (χ3n) is 3.42. The first-order valence-electron chi connectivity index (χ1n) is 6.15. The average Bonchev–Trinajstić information content (AvgIpc) is 2.44. The number of rotatable bonds is 5. The van der Waals surface area contributed by atoms with E-state index in [4.69, 9.17) is 22.5 Å². The van der Waals surface area contributed by atoms with Crippen LogP contribution in [0.25, 0.3) is 0 Å². The van der Waals surface area contributed by atoms with Crippen molar-refractivity contribution in [3.05, 3.63) is 27.7 Å². The number of nitrogens with zero attached hydrogens (tertiary/aromatic N) is 1. The molecule has 0 heterocycles. The zero-order valence-corrected chi connectivity index (χ0v) is 13.6. The SMILES string of the molecule is CCC(CC)(C(=O)Nc1cc(Br)ccc1Cl)C(N)=NO. The lowest BCUT2D eigenvalue weighted by Crippen LogP contribution is -2.46. The summed E-state index contributed by atoms with van der Waals surface area (Å²) in [4.78, 5) is 12.5. The number of nitrogens with two attached hydrogens (primary N) is 1. The molecule has 1 aromatic carbocycles. The van der Waals surface area contributed by atoms with Gasteiger partial charge >= 0.3 is 0 Å². The van der Waals surface area contributed by atoms with Gasteiger partial charge in [0.15, 0.2) is 5.84 Å². The van der Waals surface area contributed by atoms with Gasteiger partial charge in [-0.25, -0.2) is 0 Å². The fraction of sp³-hybridized carbons (Fsp3) is 0.385. The normalized spacial score (nSPS) is 12.3. The summed E-state index contributed by atoms with van der Waals surface area (Å²) in [7, 11) is 0. The fourth-order valence-electron chi connectivity index (χ4n) is 1.98. The Morgan fingerprint density at radius 3 is 2.60 bits per heavy atom. The number of benzene rings is 1. The molecule has 110 valence electrons. The van der Waals surface area contributed by atoms with Crippen LogP contribution in [-0.2, 0) is 4.79 Å². The largest absolute Gasteiger partial charge is 0.409 e. The molecule has 0 radical (unpaired) electrons. The van der Waals surface area contributed by atoms with Gasteiger partial charge in [0.1, 0.15) is 5.41 Å². The van der Waals surface area contributed by atoms with Crippen molar-refractivity contribution in [1.82, 2.24) is 0 Å². The molecule has 7 heteroatoms. The van der Waals surface area contributed by atoms with Crippen LogP contribution in [0, 0.1) is 5.41 Å². The second-order valence-electron chi connectivity index (χ2n) is 4.35. The molecule has 0 aromatic heterocycles. The highest BCUT2D eigenvalue weighted by atomic mass is 79.9. The van der Waals surface area contributed by atoms with Gasteiger partial charge in [0.05, 0.1) is 10.7 Å². The van der Waals surface area contributed by atoms with Gasteiger partial charge < -0.3 is 16.3 Å². The summed E-state index contributed by atoms with van der Waals surface area (Å²) in [6, 6.07) is 5.14. The predicted octanol–water partition coefficient (Wildman–Crippen LogP) is 3.59. The Morgan fingerprint density at radius 1 is 1.50 bits per heavy atom. The molecule has 1 aromatic rings. The zero-order chi connectivity index (χ0) is 15.3. The van der Waals surface area contributed by atoms with Gasteiger partial charge in [-0.3, -0.25) is 4.79 Å². The number of carbonyl (C=O) groups is 1. The number of halogens is 2. The number of anilines is 1. The molecule has 0 fully saturated rings. The summed E-state index contributed by atoms with van der Waals surface area (Å²) in [5, 5.41) is 15.0. The number of nitrogens with one attached hydrogen (secondary N) is 1. The van der Waals surface area contributed by atoms with Crippen LogP contribution < -0.4 is 11.1 Å². The Labute approximate surface area is 131 Å². The molecule has 0 saturated heterocycles. The fourth-order valence-corrected chi connectivity index (χ4v) is 2.51. The Hall–Kier alpha value is -1.27. The van der Waals surface area contributed by atoms with E-state index in [0.717, 1.165) is 4.47 Å². The molecular formula is C13H17BrClN3O2. The first-order chi connectivity index (χ1) is 9.41. The van der Waals surface area contributed by atoms with Gasteiger partial charge in [0.2, 0.25) is 5.91 Å². The van der Waals surface area contributed by atoms with E-state index in [2.05, 4.69) is 26.4 Å². The van der Waals surface area contributed by atoms with Gasteiger partial charge in [0.25, 0.3) is 0 Å². The van der Waals surface area contributed by atoms with Crippen molar-refractivity contribution in [3.63, 3.8) is 0 Å². The quantitative estimate of drug-likeness (QED) is 0.324. The number of hydrogen-bond acceptors (Lipinski definition) is 3. The molecule has 20 heavy (non-hydrogen) atoms. The molecule has 0 unspecified atom stereocenters. The number of hydrogen-bond donors (Lipinski definition) is 3. The minimum atomic E-state index is -1.06. The zero-order valence-electron chi connectivity index (χ0n) is 11.3. The van der Waals surface area contributed by atoms with E-state index >= 15 is 0 Å². The van der Waals surface area contributed by atoms with Gasteiger partial charge in [0, 0.05) is 4.47 Å². The summed E-state index contributed by atoms with van der Waals surface area (Å²) < 4.78 is 0.791. The third-order valence-corrected chi connectivity index (χ3v) is 4.24. The molecule has 0 aliphatic carbocycles. The van der Waals surface area contributed by atoms with Crippen molar-refractivity contribution < 1.29 is 10.0 Å². The minimum absolute atomic E-state index is 0.105. The van der Waals surface area contributed by atoms with Crippen molar-refractivity contribution in [1.29, 1.82) is 0 Å². The van der Waals surface area contributed by atoms with Crippen LogP contribution in [0.2, 0.25) is 5.02 Å². The maximum Gasteiger partial charge on any atom is 0.238 e. The molecule has 0 aliphatic rings. The Bertz CT molecular complexity index is 530. The molecule has 0 atom stereocenters. The third kappa shape index (κ3) is 3.24. The van der Waals surface area contributed by atoms with Crippen molar-refractivity contribution in [2.45, 2.75) is 26.7 Å². The maximum atomic E-state index is 12.5. The van der Waals surface area contributed by atoms with Gasteiger partial charge in [-0.15, -0.1) is 0 Å². The van der Waals surface area contributed by atoms with Crippen molar-refractivity contribution in [2.75, 3.05) is 5.32 Å². The highest BCUT2D eigenvalue weighted by Crippen LogP contribution is 2.31. The summed E-state index contributed by atoms with van der Waals surface area (Å²) in [6.45, 7) is 3.62. The standard InChI is InChI=1S/C13H17BrClN3O2/c1-3-13(4-2,11(16)18-20)12(19)17-10-7-8(14)5-6-9(10)15/h5-7,20H,3-4H2,1-2H3,(H2,16,18)(H,17,19). The molecule has 0 aliphatic heterocycles.